The van der Waals surface area contributed by atoms with E-state index in [0.717, 1.165) is 30.6 Å². The van der Waals surface area contributed by atoms with Crippen molar-refractivity contribution in [2.45, 2.75) is 6.42 Å². The Kier molecular flexibility index (Phi) is 4.78. The van der Waals surface area contributed by atoms with Crippen molar-refractivity contribution >= 4 is 72.8 Å². The molecule has 2 aromatic carbocycles. The molecular formula is C15H10BrCl2IN2. The second-order valence-corrected chi connectivity index (χ2v) is 7.45. The van der Waals surface area contributed by atoms with Crippen molar-refractivity contribution in [1.29, 1.82) is 0 Å². The van der Waals surface area contributed by atoms with Crippen molar-refractivity contribution in [3.8, 4) is 5.69 Å². The first-order chi connectivity index (χ1) is 10.1. The molecule has 0 bridgehead atoms. The summed E-state index contributed by atoms with van der Waals surface area (Å²) >= 11 is 18.0. The Morgan fingerprint density at radius 3 is 2.76 bits per heavy atom. The third-order valence-corrected chi connectivity index (χ3v) is 4.92. The molecule has 0 amide bonds. The summed E-state index contributed by atoms with van der Waals surface area (Å²) in [4.78, 5) is 4.72. The van der Waals surface area contributed by atoms with Gasteiger partial charge in [-0.25, -0.2) is 4.98 Å². The van der Waals surface area contributed by atoms with Gasteiger partial charge in [-0.2, -0.15) is 0 Å². The summed E-state index contributed by atoms with van der Waals surface area (Å²) in [5.74, 6) is 1.46. The molecule has 0 fully saturated rings. The molecule has 0 radical (unpaired) electrons. The van der Waals surface area contributed by atoms with Crippen molar-refractivity contribution in [2.75, 3.05) is 5.88 Å². The largest absolute Gasteiger partial charge is 0.295 e. The van der Waals surface area contributed by atoms with Crippen LogP contribution in [0.25, 0.3) is 16.7 Å². The van der Waals surface area contributed by atoms with Gasteiger partial charge in [-0.1, -0.05) is 11.6 Å². The van der Waals surface area contributed by atoms with Crippen molar-refractivity contribution in [3.63, 3.8) is 0 Å². The maximum atomic E-state index is 6.16. The van der Waals surface area contributed by atoms with Crippen LogP contribution < -0.4 is 0 Å². The Bertz CT molecular complexity index is 817. The van der Waals surface area contributed by atoms with Gasteiger partial charge in [-0.05, 0) is 74.9 Å². The standard InChI is InChI=1S/C15H10BrCl2IN2/c16-11-3-1-9(18)7-14(11)21-13-4-2-10(19)8-12(13)20-15(21)5-6-17/h1-4,7-8H,5-6H2. The van der Waals surface area contributed by atoms with Crippen LogP contribution in [0.1, 0.15) is 5.82 Å². The SMILES string of the molecule is ClCCc1nc2cc(I)ccc2n1-c1cc(Cl)ccc1Br. The number of fused-ring (bicyclic) bond motifs is 1. The molecule has 6 heteroatoms. The summed E-state index contributed by atoms with van der Waals surface area (Å²) in [5, 5.41) is 0.692. The number of rotatable bonds is 3. The minimum absolute atomic E-state index is 0.526. The maximum absolute atomic E-state index is 6.16. The molecule has 3 rings (SSSR count). The Morgan fingerprint density at radius 2 is 2.00 bits per heavy atom. The van der Waals surface area contributed by atoms with E-state index >= 15 is 0 Å². The Morgan fingerprint density at radius 1 is 1.19 bits per heavy atom. The van der Waals surface area contributed by atoms with Crippen LogP contribution in [0.15, 0.2) is 40.9 Å². The molecule has 21 heavy (non-hydrogen) atoms. The lowest BCUT2D eigenvalue weighted by Crippen LogP contribution is -2.03. The molecule has 0 unspecified atom stereocenters. The van der Waals surface area contributed by atoms with E-state index < -0.39 is 0 Å². The fourth-order valence-electron chi connectivity index (χ4n) is 2.28. The molecule has 3 aromatic rings. The highest BCUT2D eigenvalue weighted by Gasteiger charge is 2.14. The van der Waals surface area contributed by atoms with Crippen LogP contribution in [-0.4, -0.2) is 15.4 Å². The van der Waals surface area contributed by atoms with Crippen molar-refractivity contribution in [2.24, 2.45) is 0 Å². The number of nitrogens with zero attached hydrogens (tertiary/aromatic N) is 2. The lowest BCUT2D eigenvalue weighted by atomic mass is 10.2. The third-order valence-electron chi connectivity index (χ3n) is 3.15. The van der Waals surface area contributed by atoms with E-state index in [-0.39, 0.29) is 0 Å². The minimum Gasteiger partial charge on any atom is -0.295 e. The summed E-state index contributed by atoms with van der Waals surface area (Å²) in [6, 6.07) is 12.0. The van der Waals surface area contributed by atoms with Crippen LogP contribution in [0.5, 0.6) is 0 Å². The number of hydrogen-bond acceptors (Lipinski definition) is 1. The van der Waals surface area contributed by atoms with Gasteiger partial charge < -0.3 is 0 Å². The zero-order valence-electron chi connectivity index (χ0n) is 10.8. The number of aromatic nitrogens is 2. The van der Waals surface area contributed by atoms with Gasteiger partial charge in [0.05, 0.1) is 16.7 Å². The number of imidazole rings is 1. The van der Waals surface area contributed by atoms with Crippen LogP contribution in [0.3, 0.4) is 0 Å². The van der Waals surface area contributed by atoms with Gasteiger partial charge in [0.15, 0.2) is 0 Å². The number of alkyl halides is 1. The monoisotopic (exact) mass is 494 g/mol. The summed E-state index contributed by atoms with van der Waals surface area (Å²) in [5.41, 5.74) is 3.00. The average molecular weight is 496 g/mol. The van der Waals surface area contributed by atoms with Crippen molar-refractivity contribution < 1.29 is 0 Å². The highest BCUT2D eigenvalue weighted by atomic mass is 127. The molecule has 2 nitrogen and oxygen atoms in total. The zero-order chi connectivity index (χ0) is 15.0. The topological polar surface area (TPSA) is 17.8 Å². The van der Waals surface area contributed by atoms with Gasteiger partial charge in [0.25, 0.3) is 0 Å². The van der Waals surface area contributed by atoms with Gasteiger partial charge >= 0.3 is 0 Å². The van der Waals surface area contributed by atoms with E-state index in [9.17, 15) is 0 Å². The van der Waals surface area contributed by atoms with E-state index in [2.05, 4.69) is 61.3 Å². The first kappa shape index (κ1) is 15.6. The highest BCUT2D eigenvalue weighted by Crippen LogP contribution is 2.30. The predicted octanol–water partition coefficient (Wildman–Crippen LogP) is 5.83. The maximum Gasteiger partial charge on any atom is 0.115 e. The zero-order valence-corrected chi connectivity index (χ0v) is 16.0. The van der Waals surface area contributed by atoms with Gasteiger partial charge in [-0.15, -0.1) is 11.6 Å². The fourth-order valence-corrected chi connectivity index (χ4v) is 3.52. The molecule has 1 heterocycles. The van der Waals surface area contributed by atoms with Gasteiger partial charge in [0.2, 0.25) is 0 Å². The quantitative estimate of drug-likeness (QED) is 0.330. The van der Waals surface area contributed by atoms with Gasteiger partial charge in [0.1, 0.15) is 5.82 Å². The minimum atomic E-state index is 0.526. The second-order valence-electron chi connectivity index (χ2n) is 4.53. The molecule has 0 aliphatic rings. The second kappa shape index (κ2) is 6.44. The molecule has 0 atom stereocenters. The molecule has 0 aliphatic heterocycles. The first-order valence-corrected chi connectivity index (χ1v) is 9.07. The molecule has 0 saturated carbocycles. The van der Waals surface area contributed by atoms with E-state index in [1.165, 1.54) is 0 Å². The van der Waals surface area contributed by atoms with Gasteiger partial charge in [0, 0.05) is 25.4 Å². The van der Waals surface area contributed by atoms with Crippen LogP contribution in [0, 0.1) is 3.57 Å². The number of benzene rings is 2. The van der Waals surface area contributed by atoms with Crippen LogP contribution >= 0.6 is 61.7 Å². The van der Waals surface area contributed by atoms with Crippen LogP contribution in [0.4, 0.5) is 0 Å². The van der Waals surface area contributed by atoms with E-state index in [1.807, 2.05) is 18.2 Å². The number of halogens is 4. The lowest BCUT2D eigenvalue weighted by Gasteiger charge is -2.11. The fraction of sp³-hybridized carbons (Fsp3) is 0.133. The smallest absolute Gasteiger partial charge is 0.115 e. The Hall–Kier alpha value is -0.300. The summed E-state index contributed by atoms with van der Waals surface area (Å²) in [6.07, 6.45) is 0.700. The number of aryl methyl sites for hydroxylation is 1. The first-order valence-electron chi connectivity index (χ1n) is 6.28. The normalized spacial score (nSPS) is 11.2. The Labute approximate surface area is 154 Å². The van der Waals surface area contributed by atoms with Crippen LogP contribution in [0.2, 0.25) is 5.02 Å². The molecule has 0 N–H and O–H groups in total. The molecule has 0 spiro atoms. The van der Waals surface area contributed by atoms with Crippen molar-refractivity contribution in [1.82, 2.24) is 9.55 Å². The van der Waals surface area contributed by atoms with Crippen LogP contribution in [-0.2, 0) is 6.42 Å². The third kappa shape index (κ3) is 3.09. The van der Waals surface area contributed by atoms with E-state index in [1.54, 1.807) is 0 Å². The molecule has 108 valence electrons. The number of hydrogen-bond donors (Lipinski definition) is 0. The lowest BCUT2D eigenvalue weighted by molar-refractivity contribution is 0.909. The Balaban J connectivity index is 2.33. The average Bonchev–Trinajstić information content (AvgIpc) is 2.79. The summed E-state index contributed by atoms with van der Waals surface area (Å²) in [7, 11) is 0. The van der Waals surface area contributed by atoms with Gasteiger partial charge in [-0.3, -0.25) is 4.57 Å². The molecular weight excluding hydrogens is 486 g/mol. The highest BCUT2D eigenvalue weighted by molar-refractivity contribution is 14.1. The predicted molar refractivity (Wildman–Crippen MR) is 101 cm³/mol. The molecule has 0 saturated heterocycles. The van der Waals surface area contributed by atoms with E-state index in [4.69, 9.17) is 28.2 Å². The summed E-state index contributed by atoms with van der Waals surface area (Å²) in [6.45, 7) is 0. The van der Waals surface area contributed by atoms with E-state index in [0.29, 0.717) is 17.3 Å². The molecule has 1 aromatic heterocycles. The van der Waals surface area contributed by atoms with Crippen molar-refractivity contribution in [3.05, 3.63) is 55.3 Å². The summed E-state index contributed by atoms with van der Waals surface area (Å²) < 4.78 is 4.25. The molecule has 0 aliphatic carbocycles.